The third-order valence-electron chi connectivity index (χ3n) is 7.80. The number of nitrogens with one attached hydrogen (secondary N) is 2. The Balaban J connectivity index is 0.000000458. The van der Waals surface area contributed by atoms with E-state index in [1.807, 2.05) is 61.0 Å². The van der Waals surface area contributed by atoms with Gasteiger partial charge in [0.2, 0.25) is 5.91 Å². The first-order valence-electron chi connectivity index (χ1n) is 16.3. The average molecular weight is 750 g/mol. The Morgan fingerprint density at radius 2 is 1.45 bits per heavy atom. The van der Waals surface area contributed by atoms with Crippen molar-refractivity contribution >= 4 is 45.4 Å². The normalized spacial score (nSPS) is 11.9. The van der Waals surface area contributed by atoms with E-state index in [-0.39, 0.29) is 18.5 Å². The number of aryl methyl sites for hydroxylation is 1. The van der Waals surface area contributed by atoms with Gasteiger partial charge >= 0.3 is 24.3 Å². The Kier molecular flexibility index (Phi) is 14.7. The molecule has 284 valence electrons. The number of halogens is 6. The number of hydrogen-bond donors (Lipinski definition) is 4. The second-order valence-corrected chi connectivity index (χ2v) is 11.7. The van der Waals surface area contributed by atoms with E-state index >= 15 is 0 Å². The van der Waals surface area contributed by atoms with Crippen molar-refractivity contribution in [2.75, 3.05) is 0 Å². The molecule has 4 N–H and O–H groups in total. The van der Waals surface area contributed by atoms with Crippen LogP contribution in [-0.4, -0.2) is 65.7 Å². The fourth-order valence-corrected chi connectivity index (χ4v) is 5.10. The Labute approximate surface area is 299 Å². The number of rotatable bonds is 12. The summed E-state index contributed by atoms with van der Waals surface area (Å²) >= 11 is 0. The predicted molar refractivity (Wildman–Crippen MR) is 183 cm³/mol. The van der Waals surface area contributed by atoms with Crippen LogP contribution in [0.3, 0.4) is 0 Å². The largest absolute Gasteiger partial charge is 0.490 e. The minimum Gasteiger partial charge on any atom is -0.475 e. The average Bonchev–Trinajstić information content (AvgIpc) is 3.72. The van der Waals surface area contributed by atoms with Crippen LogP contribution in [0.5, 0.6) is 0 Å². The number of carboxylic acids is 2. The van der Waals surface area contributed by atoms with Crippen molar-refractivity contribution < 1.29 is 55.7 Å². The molecule has 0 bridgehead atoms. The summed E-state index contributed by atoms with van der Waals surface area (Å²) in [6.07, 6.45) is -3.69. The zero-order valence-electron chi connectivity index (χ0n) is 28.6. The van der Waals surface area contributed by atoms with Gasteiger partial charge in [0, 0.05) is 18.4 Å². The van der Waals surface area contributed by atoms with Gasteiger partial charge in [-0.3, -0.25) is 9.59 Å². The van der Waals surface area contributed by atoms with Gasteiger partial charge in [0.05, 0.1) is 29.0 Å². The van der Waals surface area contributed by atoms with E-state index in [1.54, 1.807) is 0 Å². The Morgan fingerprint density at radius 1 is 0.849 bits per heavy atom. The summed E-state index contributed by atoms with van der Waals surface area (Å²) in [6, 6.07) is 22.2. The van der Waals surface area contributed by atoms with Gasteiger partial charge in [-0.25, -0.2) is 19.6 Å². The first-order valence-corrected chi connectivity index (χ1v) is 16.3. The Morgan fingerprint density at radius 3 is 2.08 bits per heavy atom. The molecule has 0 saturated heterocycles. The maximum atomic E-state index is 13.3. The van der Waals surface area contributed by atoms with Gasteiger partial charge in [-0.1, -0.05) is 68.3 Å². The molecule has 1 atom stereocenters. The molecule has 0 aliphatic rings. The number of unbranched alkanes of at least 4 members (excludes halogenated alkanes) is 2. The maximum Gasteiger partial charge on any atom is 0.490 e. The number of H-pyrrole nitrogens is 1. The molecule has 0 saturated carbocycles. The number of amides is 1. The molecule has 2 heterocycles. The fraction of sp³-hybridized carbons (Fsp3) is 0.333. The highest BCUT2D eigenvalue weighted by atomic mass is 19.4. The minimum atomic E-state index is -5.08. The smallest absolute Gasteiger partial charge is 0.475 e. The highest BCUT2D eigenvalue weighted by molar-refractivity contribution is 5.87. The number of carboxylic acid groups (broad SMARTS) is 2. The molecule has 11 nitrogen and oxygen atoms in total. The lowest BCUT2D eigenvalue weighted by Gasteiger charge is -2.18. The van der Waals surface area contributed by atoms with Crippen molar-refractivity contribution in [1.82, 2.24) is 24.8 Å². The number of imidazole rings is 2. The molecule has 0 unspecified atom stereocenters. The van der Waals surface area contributed by atoms with Gasteiger partial charge in [-0.2, -0.15) is 26.3 Å². The highest BCUT2D eigenvalue weighted by Gasteiger charge is 2.38. The molecule has 3 aromatic carbocycles. The summed E-state index contributed by atoms with van der Waals surface area (Å²) in [5, 5.41) is 19.8. The number of aliphatic carboxylic acids is 2. The van der Waals surface area contributed by atoms with Gasteiger partial charge in [0.15, 0.2) is 0 Å². The molecule has 17 heteroatoms. The van der Waals surface area contributed by atoms with E-state index < -0.39 is 24.3 Å². The summed E-state index contributed by atoms with van der Waals surface area (Å²) in [5.41, 5.74) is 3.79. The highest BCUT2D eigenvalue weighted by Crippen LogP contribution is 2.26. The third kappa shape index (κ3) is 12.8. The summed E-state index contributed by atoms with van der Waals surface area (Å²) in [7, 11) is 0. The van der Waals surface area contributed by atoms with Crippen LogP contribution in [0.15, 0.2) is 72.9 Å². The van der Waals surface area contributed by atoms with Crippen LogP contribution < -0.4 is 5.32 Å². The van der Waals surface area contributed by atoms with Crippen LogP contribution in [-0.2, 0) is 25.7 Å². The number of fused-ring (bicyclic) bond motifs is 2. The van der Waals surface area contributed by atoms with Crippen LogP contribution in [0.2, 0.25) is 0 Å². The number of aromatic nitrogens is 4. The zero-order valence-corrected chi connectivity index (χ0v) is 28.6. The second-order valence-electron chi connectivity index (χ2n) is 11.7. The molecule has 53 heavy (non-hydrogen) atoms. The van der Waals surface area contributed by atoms with Gasteiger partial charge < -0.3 is 25.1 Å². The lowest BCUT2D eigenvalue weighted by molar-refractivity contribution is -0.193. The van der Waals surface area contributed by atoms with E-state index in [4.69, 9.17) is 19.8 Å². The van der Waals surface area contributed by atoms with Crippen molar-refractivity contribution in [2.24, 2.45) is 0 Å². The molecular formula is C36H37F6N5O6. The molecule has 0 spiro atoms. The number of carbonyl (C=O) groups excluding carboxylic acids is 2. The fourth-order valence-electron chi connectivity index (χ4n) is 5.10. The second kappa shape index (κ2) is 18.7. The summed E-state index contributed by atoms with van der Waals surface area (Å²) in [4.78, 5) is 55.5. The minimum absolute atomic E-state index is 0.0870. The molecular weight excluding hydrogens is 712 g/mol. The molecule has 5 rings (SSSR count). The van der Waals surface area contributed by atoms with Crippen molar-refractivity contribution in [3.8, 4) is 11.3 Å². The lowest BCUT2D eigenvalue weighted by Crippen LogP contribution is -2.32. The third-order valence-corrected chi connectivity index (χ3v) is 7.80. The van der Waals surface area contributed by atoms with Crippen LogP contribution in [0.4, 0.5) is 26.3 Å². The number of carbonyl (C=O) groups is 4. The first-order chi connectivity index (χ1) is 24.9. The number of ketones is 1. The molecule has 0 aliphatic carbocycles. The standard InChI is InChI=1S/C32H35N5O2.2C2HF3O2/c1-3-26(38)13-5-4-6-15-28(35-31(39)21-37-22(2)34-27-14-9-10-16-30(27)37)32-33-20-29(36-32)25-18-17-23-11-7-8-12-24(23)19-25;2*3-2(4,5)1(6)7/h7-12,14,16-20,28H,3-6,13,15,21H2,1-2H3,(H,33,36)(H,35,39);2*(H,6,7)/t28-;;/m0../s1. The van der Waals surface area contributed by atoms with Crippen molar-refractivity contribution in [3.63, 3.8) is 0 Å². The van der Waals surface area contributed by atoms with Crippen molar-refractivity contribution in [2.45, 2.75) is 77.3 Å². The number of aromatic amines is 1. The number of alkyl halides is 6. The summed E-state index contributed by atoms with van der Waals surface area (Å²) in [6.45, 7) is 4.01. The number of Topliss-reactive ketones (excluding diaryl/α,β-unsaturated/α-hetero) is 1. The Bertz CT molecular complexity index is 2000. The van der Waals surface area contributed by atoms with E-state index in [1.165, 1.54) is 10.8 Å². The Hall–Kier alpha value is -5.74. The number of hydrogen-bond acceptors (Lipinski definition) is 6. The monoisotopic (exact) mass is 749 g/mol. The number of nitrogens with zero attached hydrogens (tertiary/aromatic N) is 3. The topological polar surface area (TPSA) is 167 Å². The van der Waals surface area contributed by atoms with E-state index in [0.29, 0.717) is 18.6 Å². The lowest BCUT2D eigenvalue weighted by atomic mass is 10.0. The van der Waals surface area contributed by atoms with E-state index in [9.17, 15) is 35.9 Å². The molecule has 2 aromatic heterocycles. The quantitative estimate of drug-likeness (QED) is 0.0737. The van der Waals surface area contributed by atoms with Gasteiger partial charge in [0.1, 0.15) is 24.0 Å². The van der Waals surface area contributed by atoms with Crippen LogP contribution >= 0.6 is 0 Å². The first kappa shape index (κ1) is 41.7. The SMILES string of the molecule is CCC(=O)CCCCC[C@H](NC(=O)Cn1c(C)nc2ccccc21)c1ncc(-c2ccc3ccccc3c2)[nH]1.O=C(O)C(F)(F)F.O=C(O)C(F)(F)F. The van der Waals surface area contributed by atoms with Crippen LogP contribution in [0, 0.1) is 6.92 Å². The molecule has 1 amide bonds. The zero-order chi connectivity index (χ0) is 39.3. The van der Waals surface area contributed by atoms with Crippen molar-refractivity contribution in [1.29, 1.82) is 0 Å². The number of para-hydroxylation sites is 2. The predicted octanol–water partition coefficient (Wildman–Crippen LogP) is 7.94. The van der Waals surface area contributed by atoms with Crippen LogP contribution in [0.1, 0.15) is 63.1 Å². The van der Waals surface area contributed by atoms with Gasteiger partial charge in [-0.05, 0) is 48.7 Å². The van der Waals surface area contributed by atoms with Gasteiger partial charge in [0.25, 0.3) is 0 Å². The van der Waals surface area contributed by atoms with Gasteiger partial charge in [-0.15, -0.1) is 0 Å². The number of benzene rings is 3. The summed E-state index contributed by atoms with van der Waals surface area (Å²) < 4.78 is 65.4. The van der Waals surface area contributed by atoms with Crippen LogP contribution in [0.25, 0.3) is 33.1 Å². The molecule has 0 radical (unpaired) electrons. The van der Waals surface area contributed by atoms with E-state index in [0.717, 1.165) is 59.6 Å². The maximum absolute atomic E-state index is 13.3. The molecule has 0 fully saturated rings. The molecule has 0 aliphatic heterocycles. The van der Waals surface area contributed by atoms with Crippen molar-refractivity contribution in [3.05, 3.63) is 84.6 Å². The van der Waals surface area contributed by atoms with E-state index in [2.05, 4.69) is 50.6 Å². The summed E-state index contributed by atoms with van der Waals surface area (Å²) in [5.74, 6) is -3.76. The molecule has 5 aromatic rings.